The van der Waals surface area contributed by atoms with Crippen LogP contribution >= 0.6 is 0 Å². The molecule has 1 fully saturated rings. The molecule has 1 aliphatic rings. The molecule has 0 radical (unpaired) electrons. The molecule has 134 heavy (non-hydrogen) atoms. The van der Waals surface area contributed by atoms with Crippen LogP contribution in [-0.2, 0) is 67.3 Å². The summed E-state index contributed by atoms with van der Waals surface area (Å²) in [7, 11) is 1.72. The number of ether oxygens (including phenoxy) is 7. The Morgan fingerprint density at radius 1 is 0.366 bits per heavy atom. The maximum Gasteiger partial charge on any atom is 1.00 e. The third-order valence-electron chi connectivity index (χ3n) is 7.65. The van der Waals surface area contributed by atoms with E-state index < -0.39 is 260 Å². The molecule has 0 bridgehead atoms. The summed E-state index contributed by atoms with van der Waals surface area (Å²) in [5.41, 5.74) is 0. The van der Waals surface area contributed by atoms with Gasteiger partial charge in [-0.15, -0.1) is 17.6 Å². The molecule has 0 saturated carbocycles. The number of halogens is 67. The Bertz CT molecular complexity index is 2460. The number of aliphatic hydroxyl groups excluding tert-OH is 3. The van der Waals surface area contributed by atoms with Gasteiger partial charge in [0.1, 0.15) is 33.0 Å². The summed E-state index contributed by atoms with van der Waals surface area (Å²) < 4.78 is 755. The molecular weight excluding hydrogens is 2270 g/mol. The second-order valence-corrected chi connectivity index (χ2v) is 16.7. The van der Waals surface area contributed by atoms with E-state index in [4.69, 9.17) is 29.7 Å². The van der Waals surface area contributed by atoms with E-state index in [1.165, 1.54) is 7.11 Å². The van der Waals surface area contributed by atoms with Crippen molar-refractivity contribution >= 4 is 30.7 Å². The van der Waals surface area contributed by atoms with E-state index in [-0.39, 0.29) is 107 Å². The van der Waals surface area contributed by atoms with Crippen LogP contribution in [0.2, 0.25) is 0 Å². The van der Waals surface area contributed by atoms with Gasteiger partial charge in [-0.3, -0.25) is 23.8 Å². The van der Waals surface area contributed by atoms with Gasteiger partial charge in [-0.05, 0) is 18.1 Å². The number of aliphatic hydroxyl groups is 3. The van der Waals surface area contributed by atoms with Crippen LogP contribution in [0.3, 0.4) is 0 Å². The standard InChI is InChI=1S/C9H8F12O3.C7H2F10O3.C7H8F8O3.C3H2F4O.3C2H2F4O.C2H2F2O.C2H5FO.2CF2O.5CH2F2.2CH3FO.2CH4.Cs.2FH/c1-22-8(18,19)5(13,14)7(17,24-3-4(10,11)12)6(15,16)9(20,21)23-2;8-2(18)5(13,14)7(17,6(15,16)3(9)19)20-1-4(10,11)12;8-4(9,1-16)7(15,5(10,11)2-17)18-3-6(12,13)14;4-2(5)1-3(6,7)8-1;3*3-2(4,5)1-7-6;3-1-2(4)5;1-4-2-3;2*2-1(3)4;5*2-1-3;1-3-2;2-1-3;;;;;/h3H2,1-2H3;1H2;16-17H,1-3H2;1-2H;3*1H2;1H2;2H2,1H3;;;5*1H2;1H3;3H,1H2;2*1H4;;2*1H/q;;;;;;;;;;;;;;;;;;;;+1;;/p-1. The van der Waals surface area contributed by atoms with Gasteiger partial charge in [0.25, 0.3) is 6.43 Å². The van der Waals surface area contributed by atoms with Crippen LogP contribution < -0.4 is 73.6 Å². The summed E-state index contributed by atoms with van der Waals surface area (Å²) in [6.45, 7) is -32.0. The Hall–Kier alpha value is -4.85. The summed E-state index contributed by atoms with van der Waals surface area (Å²) in [5, 5.41) is 23.0. The molecular formula is C47H58CsF67O19. The van der Waals surface area contributed by atoms with Crippen LogP contribution in [0, 0.1) is 0 Å². The van der Waals surface area contributed by atoms with E-state index >= 15 is 0 Å². The fraction of sp³-hybridized carbons (Fsp3) is 0.894. The molecule has 1 heterocycles. The minimum absolute atomic E-state index is 0. The number of carbonyl (C=O) groups excluding carboxylic acids is 5. The zero-order valence-corrected chi connectivity index (χ0v) is 68.5. The minimum Gasteiger partial charge on any atom is -1.00 e. The minimum atomic E-state index is -6.99. The Labute approximate surface area is 756 Å². The van der Waals surface area contributed by atoms with Gasteiger partial charge in [-0.2, -0.15) is 204 Å². The molecule has 1 rings (SSSR count). The summed E-state index contributed by atoms with van der Waals surface area (Å²) in [6.07, 6.45) is -57.4. The van der Waals surface area contributed by atoms with Crippen LogP contribution in [0.5, 0.6) is 0 Å². The van der Waals surface area contributed by atoms with E-state index in [2.05, 4.69) is 52.9 Å². The first-order valence-corrected chi connectivity index (χ1v) is 26.6. The molecule has 3 N–H and O–H groups in total. The molecule has 0 aromatic heterocycles. The van der Waals surface area contributed by atoms with Crippen LogP contribution in [0.4, 0.5) is 300 Å². The summed E-state index contributed by atoms with van der Waals surface area (Å²) >= 11 is 0. The van der Waals surface area contributed by atoms with Gasteiger partial charge in [0, 0.05) is 21.3 Å². The predicted octanol–water partition coefficient (Wildman–Crippen LogP) is 16.9. The smallest absolute Gasteiger partial charge is 1.00 e. The van der Waals surface area contributed by atoms with Gasteiger partial charge < -0.3 is 48.4 Å². The summed E-state index contributed by atoms with van der Waals surface area (Å²) in [6, 6.07) is -10.3. The number of methoxy groups -OCH3 is 3. The van der Waals surface area contributed by atoms with Crippen LogP contribution in [0.1, 0.15) is 14.9 Å². The molecule has 1 saturated heterocycles. The fourth-order valence-corrected chi connectivity index (χ4v) is 3.39. The normalized spacial score (nSPS) is 12.7. The second-order valence-electron chi connectivity index (χ2n) is 16.7. The predicted molar refractivity (Wildman–Crippen MR) is 291 cm³/mol. The van der Waals surface area contributed by atoms with Crippen LogP contribution in [0.25, 0.3) is 0 Å². The summed E-state index contributed by atoms with van der Waals surface area (Å²) in [4.78, 5) is 54.0. The van der Waals surface area contributed by atoms with Crippen molar-refractivity contribution in [3.8, 4) is 0 Å². The first-order valence-electron chi connectivity index (χ1n) is 26.6. The summed E-state index contributed by atoms with van der Waals surface area (Å²) in [5.74, 6) is -56.7. The van der Waals surface area contributed by atoms with Crippen LogP contribution in [0.15, 0.2) is 0 Å². The number of epoxide rings is 1. The monoisotopic (exact) mass is 2330 g/mol. The molecule has 19 nitrogen and oxygen atoms in total. The van der Waals surface area contributed by atoms with Crippen molar-refractivity contribution in [2.24, 2.45) is 0 Å². The number of hydrogen-bond acceptors (Lipinski definition) is 19. The van der Waals surface area contributed by atoms with E-state index in [1.54, 1.807) is 0 Å². The van der Waals surface area contributed by atoms with Crippen molar-refractivity contribution in [2.45, 2.75) is 136 Å². The molecule has 0 aromatic rings. The molecule has 0 amide bonds. The molecule has 0 aromatic carbocycles. The third-order valence-corrected chi connectivity index (χ3v) is 7.65. The average molecular weight is 2330 g/mol. The van der Waals surface area contributed by atoms with Crippen molar-refractivity contribution in [2.75, 3.05) is 136 Å². The van der Waals surface area contributed by atoms with Gasteiger partial charge in [0.2, 0.25) is 40.7 Å². The molecule has 830 valence electrons. The quantitative estimate of drug-likeness (QED) is 0.0413. The van der Waals surface area contributed by atoms with Crippen LogP contribution in [-0.4, -0.2) is 303 Å². The molecule has 0 aliphatic carbocycles. The topological polar surface area (TPSA) is 251 Å². The van der Waals surface area contributed by atoms with E-state index in [9.17, 15) is 296 Å². The van der Waals surface area contributed by atoms with Gasteiger partial charge in [0.05, 0.1) is 7.11 Å². The average Bonchev–Trinajstić information content (AvgIpc) is 0.971. The molecule has 0 spiro atoms. The fourth-order valence-electron chi connectivity index (χ4n) is 3.39. The SMILES string of the molecule is C.C.COC(F)(F)C(F)(F)C(F)(OCC(F)(F)F)C(F)(F)C(F)(F)OC.COCF.COF.F.FC(F)C1OC1(F)F.FCF.FCF.FCF.FCF.FCF.FOCC(F)(F)F.FOCC(F)(F)F.FOCC(F)(F)F.O=C(F)C(F)(F)C(F)(OCC(F)(F)F)C(F)(F)C(=O)F.O=C(F)CF.O=C(F)F.O=C(F)F.OCC(F)(F)C(F)(OCC(F)(F)F)C(F)(F)CO.OCF.[Cs+].[F-]. The van der Waals surface area contributed by atoms with E-state index in [1.807, 2.05) is 0 Å². The molecule has 1 atom stereocenters. The van der Waals surface area contributed by atoms with Gasteiger partial charge in [0.15, 0.2) is 40.2 Å². The van der Waals surface area contributed by atoms with Gasteiger partial charge in [-0.25, -0.2) is 75.4 Å². The number of alkyl halides is 54. The maximum atomic E-state index is 13.9. The van der Waals surface area contributed by atoms with Crippen molar-refractivity contribution in [1.29, 1.82) is 0 Å². The Morgan fingerprint density at radius 3 is 0.597 bits per heavy atom. The first-order chi connectivity index (χ1) is 57.0. The second kappa shape index (κ2) is 90.7. The van der Waals surface area contributed by atoms with Crippen molar-refractivity contribution < 1.29 is 456 Å². The number of carbonyl (C=O) groups is 5. The Balaban J connectivity index is -0.0000000523. The van der Waals surface area contributed by atoms with Gasteiger partial charge >= 0.3 is 208 Å². The molecule has 1 aliphatic heterocycles. The maximum absolute atomic E-state index is 13.9. The molecule has 87 heteroatoms. The van der Waals surface area contributed by atoms with Crippen molar-refractivity contribution in [3.05, 3.63) is 0 Å². The third kappa shape index (κ3) is 103. The largest absolute Gasteiger partial charge is 1.00 e. The van der Waals surface area contributed by atoms with Crippen molar-refractivity contribution in [1.82, 2.24) is 0 Å². The Kier molecular flexibility index (Phi) is 125. The Morgan fingerprint density at radius 2 is 0.515 bits per heavy atom. The first kappa shape index (κ1) is 185. The van der Waals surface area contributed by atoms with E-state index in [0.29, 0.717) is 0 Å². The van der Waals surface area contributed by atoms with Crippen molar-refractivity contribution in [3.63, 3.8) is 0 Å². The van der Waals surface area contributed by atoms with E-state index in [0.717, 1.165) is 7.11 Å². The zero-order chi connectivity index (χ0) is 109. The van der Waals surface area contributed by atoms with Gasteiger partial charge in [-0.1, -0.05) is 14.9 Å². The zero-order valence-electron chi connectivity index (χ0n) is 62.2. The number of hydrogen-bond donors (Lipinski definition) is 3. The number of rotatable bonds is 26. The molecule has 1 unspecified atom stereocenters.